The third-order valence-corrected chi connectivity index (χ3v) is 3.38. The van der Waals surface area contributed by atoms with Crippen molar-refractivity contribution in [2.45, 2.75) is 33.9 Å². The molecule has 6 heteroatoms. The lowest BCUT2D eigenvalue weighted by molar-refractivity contribution is 0.289. The summed E-state index contributed by atoms with van der Waals surface area (Å²) in [6.07, 6.45) is 0. The molecule has 0 aliphatic rings. The number of rotatable bonds is 7. The van der Waals surface area contributed by atoms with Crippen LogP contribution < -0.4 is 10.1 Å². The van der Waals surface area contributed by atoms with Gasteiger partial charge in [0.1, 0.15) is 11.6 Å². The molecule has 0 saturated carbocycles. The number of aryl methyl sites for hydroxylation is 1. The number of H-pyrrole nitrogens is 1. The van der Waals surface area contributed by atoms with Crippen LogP contribution in [0.4, 0.5) is 0 Å². The van der Waals surface area contributed by atoms with E-state index in [9.17, 15) is 0 Å². The van der Waals surface area contributed by atoms with E-state index in [1.165, 1.54) is 0 Å². The molecule has 104 valence electrons. The zero-order valence-corrected chi connectivity index (χ0v) is 12.4. The van der Waals surface area contributed by atoms with Crippen LogP contribution in [0.1, 0.15) is 30.2 Å². The summed E-state index contributed by atoms with van der Waals surface area (Å²) in [5.41, 5.74) is 1.94. The van der Waals surface area contributed by atoms with Crippen molar-refractivity contribution < 1.29 is 4.74 Å². The largest absolute Gasteiger partial charge is 0.470 e. The number of nitrogens with zero attached hydrogens (tertiary/aromatic N) is 2. The summed E-state index contributed by atoms with van der Waals surface area (Å²) in [5.74, 6) is 1.27. The Kier molecular flexibility index (Phi) is 4.93. The first-order chi connectivity index (χ1) is 9.13. The smallest absolute Gasteiger partial charge is 0.233 e. The molecule has 0 radical (unpaired) electrons. The average molecular weight is 280 g/mol. The predicted octanol–water partition coefficient (Wildman–Crippen LogP) is 2.50. The molecule has 2 rings (SSSR count). The molecule has 0 spiro atoms. The Balaban J connectivity index is 1.77. The SMILES string of the molecule is Cc1cc(OCc2csc(CNCC(C)C)n2)n[nH]1. The number of hydrogen-bond acceptors (Lipinski definition) is 5. The Morgan fingerprint density at radius 1 is 1.47 bits per heavy atom. The highest BCUT2D eigenvalue weighted by molar-refractivity contribution is 7.09. The first-order valence-corrected chi connectivity index (χ1v) is 7.30. The Hall–Kier alpha value is -1.40. The van der Waals surface area contributed by atoms with Crippen molar-refractivity contribution in [1.82, 2.24) is 20.5 Å². The standard InChI is InChI=1S/C13H20N4OS/c1-9(2)5-14-6-13-15-11(8-19-13)7-18-12-4-10(3)16-17-12/h4,8-9,14H,5-7H2,1-3H3,(H,16,17). The highest BCUT2D eigenvalue weighted by Crippen LogP contribution is 2.13. The lowest BCUT2D eigenvalue weighted by Crippen LogP contribution is -2.18. The second-order valence-electron chi connectivity index (χ2n) is 4.94. The van der Waals surface area contributed by atoms with Crippen LogP contribution in [-0.4, -0.2) is 21.7 Å². The molecule has 0 unspecified atom stereocenters. The molecular formula is C13H20N4OS. The summed E-state index contributed by atoms with van der Waals surface area (Å²) in [6.45, 7) is 8.63. The van der Waals surface area contributed by atoms with E-state index >= 15 is 0 Å². The molecule has 5 nitrogen and oxygen atoms in total. The van der Waals surface area contributed by atoms with Gasteiger partial charge in [0.25, 0.3) is 0 Å². The predicted molar refractivity (Wildman–Crippen MR) is 76.3 cm³/mol. The summed E-state index contributed by atoms with van der Waals surface area (Å²) in [6, 6.07) is 1.87. The number of hydrogen-bond donors (Lipinski definition) is 2. The summed E-state index contributed by atoms with van der Waals surface area (Å²) in [5, 5.41) is 13.4. The Morgan fingerprint density at radius 3 is 3.00 bits per heavy atom. The molecule has 0 atom stereocenters. The van der Waals surface area contributed by atoms with Crippen molar-refractivity contribution in [3.63, 3.8) is 0 Å². The zero-order chi connectivity index (χ0) is 13.7. The quantitative estimate of drug-likeness (QED) is 0.818. The zero-order valence-electron chi connectivity index (χ0n) is 11.6. The average Bonchev–Trinajstić information content (AvgIpc) is 2.95. The van der Waals surface area contributed by atoms with Crippen LogP contribution in [0, 0.1) is 12.8 Å². The fourth-order valence-electron chi connectivity index (χ4n) is 1.58. The Morgan fingerprint density at radius 2 is 2.32 bits per heavy atom. The van der Waals surface area contributed by atoms with E-state index in [-0.39, 0.29) is 0 Å². The number of aromatic amines is 1. The van der Waals surface area contributed by atoms with Crippen molar-refractivity contribution in [2.24, 2.45) is 5.92 Å². The van der Waals surface area contributed by atoms with Crippen LogP contribution in [0.2, 0.25) is 0 Å². The fraction of sp³-hybridized carbons (Fsp3) is 0.538. The molecule has 2 aromatic rings. The lowest BCUT2D eigenvalue weighted by Gasteiger charge is -2.04. The van der Waals surface area contributed by atoms with E-state index in [1.54, 1.807) is 11.3 Å². The monoisotopic (exact) mass is 280 g/mol. The molecule has 2 aromatic heterocycles. The topological polar surface area (TPSA) is 62.8 Å². The van der Waals surface area contributed by atoms with Crippen LogP contribution in [-0.2, 0) is 13.2 Å². The van der Waals surface area contributed by atoms with Crippen LogP contribution >= 0.6 is 11.3 Å². The van der Waals surface area contributed by atoms with Gasteiger partial charge in [0.15, 0.2) is 0 Å². The van der Waals surface area contributed by atoms with E-state index in [1.807, 2.05) is 18.4 Å². The second-order valence-corrected chi connectivity index (χ2v) is 5.88. The molecule has 0 fully saturated rings. The van der Waals surface area contributed by atoms with E-state index in [0.29, 0.717) is 18.4 Å². The van der Waals surface area contributed by atoms with Crippen molar-refractivity contribution >= 4 is 11.3 Å². The molecule has 0 aromatic carbocycles. The molecule has 0 saturated heterocycles. The van der Waals surface area contributed by atoms with Gasteiger partial charge in [-0.3, -0.25) is 5.10 Å². The van der Waals surface area contributed by atoms with Crippen molar-refractivity contribution in [3.05, 3.63) is 27.8 Å². The number of ether oxygens (including phenoxy) is 1. The Labute approximate surface area is 117 Å². The van der Waals surface area contributed by atoms with Crippen molar-refractivity contribution in [3.8, 4) is 5.88 Å². The second kappa shape index (κ2) is 6.68. The van der Waals surface area contributed by atoms with Gasteiger partial charge in [-0.15, -0.1) is 16.4 Å². The van der Waals surface area contributed by atoms with Gasteiger partial charge in [-0.2, -0.15) is 0 Å². The van der Waals surface area contributed by atoms with Gasteiger partial charge in [-0.25, -0.2) is 4.98 Å². The minimum absolute atomic E-state index is 0.463. The molecule has 2 heterocycles. The van der Waals surface area contributed by atoms with Gasteiger partial charge >= 0.3 is 0 Å². The van der Waals surface area contributed by atoms with Crippen LogP contribution in [0.3, 0.4) is 0 Å². The van der Waals surface area contributed by atoms with Gasteiger partial charge in [0.05, 0.1) is 5.69 Å². The first kappa shape index (κ1) is 14.0. The van der Waals surface area contributed by atoms with Gasteiger partial charge in [0, 0.05) is 23.7 Å². The Bertz CT molecular complexity index is 506. The van der Waals surface area contributed by atoms with Gasteiger partial charge < -0.3 is 10.1 Å². The molecule has 2 N–H and O–H groups in total. The maximum absolute atomic E-state index is 5.55. The highest BCUT2D eigenvalue weighted by Gasteiger charge is 2.04. The van der Waals surface area contributed by atoms with E-state index in [2.05, 4.69) is 34.3 Å². The lowest BCUT2D eigenvalue weighted by atomic mass is 10.2. The maximum atomic E-state index is 5.55. The van der Waals surface area contributed by atoms with Gasteiger partial charge in [-0.05, 0) is 19.4 Å². The van der Waals surface area contributed by atoms with Crippen LogP contribution in [0.15, 0.2) is 11.4 Å². The van der Waals surface area contributed by atoms with Crippen molar-refractivity contribution in [2.75, 3.05) is 6.54 Å². The summed E-state index contributed by atoms with van der Waals surface area (Å²) in [7, 11) is 0. The summed E-state index contributed by atoms with van der Waals surface area (Å²) >= 11 is 1.66. The van der Waals surface area contributed by atoms with E-state index in [0.717, 1.165) is 29.5 Å². The number of aromatic nitrogens is 3. The summed E-state index contributed by atoms with van der Waals surface area (Å²) in [4.78, 5) is 4.52. The molecular weight excluding hydrogens is 260 g/mol. The molecule has 19 heavy (non-hydrogen) atoms. The maximum Gasteiger partial charge on any atom is 0.233 e. The molecule has 0 aliphatic heterocycles. The number of nitrogens with one attached hydrogen (secondary N) is 2. The highest BCUT2D eigenvalue weighted by atomic mass is 32.1. The van der Waals surface area contributed by atoms with Gasteiger partial charge in [-0.1, -0.05) is 13.8 Å². The number of thiazole rings is 1. The van der Waals surface area contributed by atoms with Crippen molar-refractivity contribution in [1.29, 1.82) is 0 Å². The minimum Gasteiger partial charge on any atom is -0.470 e. The fourth-order valence-corrected chi connectivity index (χ4v) is 2.33. The molecule has 0 aliphatic carbocycles. The third-order valence-electron chi connectivity index (χ3n) is 2.48. The first-order valence-electron chi connectivity index (χ1n) is 6.42. The molecule has 0 amide bonds. The summed E-state index contributed by atoms with van der Waals surface area (Å²) < 4.78 is 5.55. The normalized spacial score (nSPS) is 11.2. The van der Waals surface area contributed by atoms with Gasteiger partial charge in [0.2, 0.25) is 5.88 Å². The third kappa shape index (κ3) is 4.65. The molecule has 0 bridgehead atoms. The van der Waals surface area contributed by atoms with E-state index in [4.69, 9.17) is 4.74 Å². The minimum atomic E-state index is 0.463. The van der Waals surface area contributed by atoms with Crippen LogP contribution in [0.25, 0.3) is 0 Å². The van der Waals surface area contributed by atoms with E-state index < -0.39 is 0 Å². The van der Waals surface area contributed by atoms with Crippen LogP contribution in [0.5, 0.6) is 5.88 Å².